The third-order valence-corrected chi connectivity index (χ3v) is 7.28. The van der Waals surface area contributed by atoms with Crippen molar-refractivity contribution in [3.05, 3.63) is 52.2 Å². The molecule has 3 amide bonds. The molecule has 1 saturated heterocycles. The van der Waals surface area contributed by atoms with E-state index in [-0.39, 0.29) is 24.5 Å². The van der Waals surface area contributed by atoms with Crippen LogP contribution in [0.15, 0.2) is 46.8 Å². The molecule has 0 aliphatic carbocycles. The number of rotatable bonds is 5. The number of carbonyl (C=O) groups excluding carboxylic acids is 3. The Morgan fingerprint density at radius 1 is 1.14 bits per heavy atom. The molecule has 1 aromatic heterocycles. The molecule has 1 spiro atoms. The van der Waals surface area contributed by atoms with Gasteiger partial charge in [-0.1, -0.05) is 32.0 Å². The van der Waals surface area contributed by atoms with E-state index in [4.69, 9.17) is 9.73 Å². The number of aliphatic imine (C=N–C) groups is 1. The zero-order valence-electron chi connectivity index (χ0n) is 21.5. The van der Waals surface area contributed by atoms with E-state index in [9.17, 15) is 14.4 Å². The van der Waals surface area contributed by atoms with Crippen LogP contribution in [0.4, 0.5) is 10.5 Å². The van der Waals surface area contributed by atoms with Crippen molar-refractivity contribution in [1.82, 2.24) is 9.80 Å². The van der Waals surface area contributed by atoms with Gasteiger partial charge in [-0.2, -0.15) is 0 Å². The third-order valence-electron chi connectivity index (χ3n) is 6.40. The van der Waals surface area contributed by atoms with Gasteiger partial charge in [-0.15, -0.1) is 11.3 Å². The first-order valence-electron chi connectivity index (χ1n) is 12.3. The maximum Gasteiger partial charge on any atom is 0.410 e. The number of benzene rings is 1. The number of thiophene rings is 1. The van der Waals surface area contributed by atoms with Crippen LogP contribution in [-0.2, 0) is 14.3 Å². The van der Waals surface area contributed by atoms with Gasteiger partial charge >= 0.3 is 6.09 Å². The number of ether oxygens (including phenoxy) is 1. The molecule has 1 aromatic carbocycles. The van der Waals surface area contributed by atoms with Gasteiger partial charge < -0.3 is 19.9 Å². The van der Waals surface area contributed by atoms with Crippen molar-refractivity contribution < 1.29 is 19.1 Å². The third kappa shape index (κ3) is 5.61. The van der Waals surface area contributed by atoms with Crippen molar-refractivity contribution >= 4 is 40.6 Å². The summed E-state index contributed by atoms with van der Waals surface area (Å²) in [6.07, 6.45) is 0.491. The topological polar surface area (TPSA) is 91.3 Å². The summed E-state index contributed by atoms with van der Waals surface area (Å²) in [7, 11) is 0. The molecule has 4 rings (SSSR count). The molecule has 0 radical (unpaired) electrons. The lowest BCUT2D eigenvalue weighted by atomic mass is 9.96. The fraction of sp³-hybridized carbons (Fsp3) is 0.481. The lowest BCUT2D eigenvalue weighted by Crippen LogP contribution is -2.56. The summed E-state index contributed by atoms with van der Waals surface area (Å²) in [5, 5.41) is 4.82. The second-order valence-corrected chi connectivity index (χ2v) is 11.6. The Bertz CT molecular complexity index is 1140. The van der Waals surface area contributed by atoms with Gasteiger partial charge in [0.1, 0.15) is 23.5 Å². The molecule has 0 saturated carbocycles. The number of hydrogen-bond acceptors (Lipinski definition) is 6. The SMILES string of the molecule is CC(C)c1ccc(NC(=O)CN2C(=O)C(c3cccs3)=NC23CCN(C(=O)OC(C)(C)C)CC3)cc1. The average molecular weight is 511 g/mol. The lowest BCUT2D eigenvalue weighted by Gasteiger charge is -2.42. The van der Waals surface area contributed by atoms with Crippen molar-refractivity contribution in [3.8, 4) is 0 Å². The minimum Gasteiger partial charge on any atom is -0.444 e. The Kier molecular flexibility index (Phi) is 7.22. The average Bonchev–Trinajstić information content (AvgIpc) is 3.42. The zero-order chi connectivity index (χ0) is 26.1. The predicted octanol–water partition coefficient (Wildman–Crippen LogP) is 4.87. The highest BCUT2D eigenvalue weighted by molar-refractivity contribution is 7.13. The van der Waals surface area contributed by atoms with E-state index in [1.165, 1.54) is 16.9 Å². The summed E-state index contributed by atoms with van der Waals surface area (Å²) in [5.74, 6) is -0.137. The predicted molar refractivity (Wildman–Crippen MR) is 142 cm³/mol. The minimum absolute atomic E-state index is 0.115. The first-order valence-corrected chi connectivity index (χ1v) is 13.2. The molecule has 36 heavy (non-hydrogen) atoms. The van der Waals surface area contributed by atoms with E-state index < -0.39 is 11.3 Å². The largest absolute Gasteiger partial charge is 0.444 e. The molecule has 1 N–H and O–H groups in total. The van der Waals surface area contributed by atoms with Crippen molar-refractivity contribution in [2.75, 3.05) is 25.0 Å². The standard InChI is InChI=1S/C27H34N4O4S/c1-18(2)19-8-10-20(11-9-19)28-22(32)17-31-24(33)23(21-7-6-16-36-21)29-27(31)12-14-30(15-13-27)25(34)35-26(3,4)5/h6-11,16,18H,12-15,17H2,1-5H3,(H,28,32). The minimum atomic E-state index is -0.867. The first-order chi connectivity index (χ1) is 17.0. The number of nitrogens with zero attached hydrogens (tertiary/aromatic N) is 3. The fourth-order valence-electron chi connectivity index (χ4n) is 4.48. The Morgan fingerprint density at radius 3 is 2.36 bits per heavy atom. The molecule has 2 aliphatic heterocycles. The maximum atomic E-state index is 13.5. The van der Waals surface area contributed by atoms with Crippen LogP contribution in [0, 0.1) is 0 Å². The van der Waals surface area contributed by atoms with Crippen LogP contribution >= 0.6 is 11.3 Å². The Hall–Kier alpha value is -3.20. The highest BCUT2D eigenvalue weighted by Gasteiger charge is 2.50. The van der Waals surface area contributed by atoms with E-state index in [1.807, 2.05) is 62.5 Å². The normalized spacial score (nSPS) is 17.5. The van der Waals surface area contributed by atoms with Crippen LogP contribution in [0.25, 0.3) is 0 Å². The summed E-state index contributed by atoms with van der Waals surface area (Å²) in [6.45, 7) is 10.4. The Labute approximate surface area is 216 Å². The maximum absolute atomic E-state index is 13.5. The molecule has 0 unspecified atom stereocenters. The number of nitrogens with one attached hydrogen (secondary N) is 1. The van der Waals surface area contributed by atoms with E-state index in [2.05, 4.69) is 19.2 Å². The van der Waals surface area contributed by atoms with Gasteiger partial charge in [0.2, 0.25) is 5.91 Å². The summed E-state index contributed by atoms with van der Waals surface area (Å²) < 4.78 is 5.52. The number of likely N-dealkylation sites (tertiary alicyclic amines) is 1. The smallest absolute Gasteiger partial charge is 0.410 e. The Morgan fingerprint density at radius 2 is 1.81 bits per heavy atom. The first kappa shape index (κ1) is 25.9. The summed E-state index contributed by atoms with van der Waals surface area (Å²) >= 11 is 1.45. The molecule has 3 heterocycles. The number of carbonyl (C=O) groups is 3. The zero-order valence-corrected chi connectivity index (χ0v) is 22.4. The molecule has 2 aromatic rings. The highest BCUT2D eigenvalue weighted by atomic mass is 32.1. The number of amides is 3. The molecular weight excluding hydrogens is 476 g/mol. The second-order valence-electron chi connectivity index (χ2n) is 10.6. The van der Waals surface area contributed by atoms with E-state index in [1.54, 1.807) is 9.80 Å². The summed E-state index contributed by atoms with van der Waals surface area (Å²) in [6, 6.07) is 11.5. The summed E-state index contributed by atoms with van der Waals surface area (Å²) in [4.78, 5) is 48.0. The number of piperidine rings is 1. The fourth-order valence-corrected chi connectivity index (χ4v) is 5.18. The molecular formula is C27H34N4O4S. The van der Waals surface area contributed by atoms with Crippen LogP contribution in [0.1, 0.15) is 63.8 Å². The Balaban J connectivity index is 1.51. The van der Waals surface area contributed by atoms with Crippen LogP contribution in [0.2, 0.25) is 0 Å². The van der Waals surface area contributed by atoms with Crippen molar-refractivity contribution in [2.45, 2.75) is 64.6 Å². The molecule has 2 aliphatic rings. The highest BCUT2D eigenvalue weighted by Crippen LogP contribution is 2.37. The van der Waals surface area contributed by atoms with Gasteiger partial charge in [-0.05, 0) is 55.8 Å². The van der Waals surface area contributed by atoms with Gasteiger partial charge in [0.05, 0.1) is 4.88 Å². The molecule has 0 bridgehead atoms. The van der Waals surface area contributed by atoms with Gasteiger partial charge in [-0.3, -0.25) is 9.59 Å². The number of anilines is 1. The van der Waals surface area contributed by atoms with Crippen molar-refractivity contribution in [3.63, 3.8) is 0 Å². The molecule has 0 atom stereocenters. The molecule has 1 fully saturated rings. The number of hydrogen-bond donors (Lipinski definition) is 1. The van der Waals surface area contributed by atoms with Gasteiger partial charge in [0.15, 0.2) is 0 Å². The van der Waals surface area contributed by atoms with Gasteiger partial charge in [0.25, 0.3) is 5.91 Å². The molecule has 192 valence electrons. The van der Waals surface area contributed by atoms with Crippen LogP contribution < -0.4 is 5.32 Å². The van der Waals surface area contributed by atoms with E-state index in [0.717, 1.165) is 4.88 Å². The monoisotopic (exact) mass is 510 g/mol. The van der Waals surface area contributed by atoms with Crippen LogP contribution in [0.5, 0.6) is 0 Å². The van der Waals surface area contributed by atoms with Gasteiger partial charge in [0, 0.05) is 31.6 Å². The molecule has 9 heteroatoms. The second kappa shape index (κ2) is 10.0. The van der Waals surface area contributed by atoms with Crippen molar-refractivity contribution in [1.29, 1.82) is 0 Å². The van der Waals surface area contributed by atoms with Crippen LogP contribution in [-0.4, -0.2) is 64.3 Å². The van der Waals surface area contributed by atoms with Gasteiger partial charge in [-0.25, -0.2) is 9.79 Å². The summed E-state index contributed by atoms with van der Waals surface area (Å²) in [5.41, 5.74) is 0.798. The molecule has 8 nitrogen and oxygen atoms in total. The lowest BCUT2D eigenvalue weighted by molar-refractivity contribution is -0.134. The van der Waals surface area contributed by atoms with Crippen molar-refractivity contribution in [2.24, 2.45) is 4.99 Å². The van der Waals surface area contributed by atoms with E-state index >= 15 is 0 Å². The van der Waals surface area contributed by atoms with Crippen LogP contribution in [0.3, 0.4) is 0 Å². The quantitative estimate of drug-likeness (QED) is 0.621. The van der Waals surface area contributed by atoms with E-state index in [0.29, 0.717) is 43.2 Å².